The zero-order valence-electron chi connectivity index (χ0n) is 21.6. The SMILES string of the molecule is CC[C@@H](C(=O)NC1CCCC1)N(Cc1ccc(OC)cc1)C(=O)CCCN1C(=O)c2ccccc2C1=O. The number of methoxy groups -OCH3 is 1. The number of fused-ring (bicyclic) bond motifs is 1. The fraction of sp³-hybridized carbons (Fsp3) is 0.448. The molecule has 1 atom stereocenters. The Morgan fingerprint density at radius 2 is 1.65 bits per heavy atom. The Labute approximate surface area is 218 Å². The molecule has 1 saturated carbocycles. The molecule has 1 aliphatic heterocycles. The zero-order chi connectivity index (χ0) is 26.4. The lowest BCUT2D eigenvalue weighted by Crippen LogP contribution is -2.51. The van der Waals surface area contributed by atoms with Crippen molar-refractivity contribution in [3.05, 3.63) is 65.2 Å². The number of nitrogens with one attached hydrogen (secondary N) is 1. The lowest BCUT2D eigenvalue weighted by Gasteiger charge is -2.31. The first-order chi connectivity index (χ1) is 17.9. The topological polar surface area (TPSA) is 96.0 Å². The number of nitrogens with zero attached hydrogens (tertiary/aromatic N) is 2. The maximum absolute atomic E-state index is 13.5. The summed E-state index contributed by atoms with van der Waals surface area (Å²) in [5.41, 5.74) is 1.69. The molecule has 1 N–H and O–H groups in total. The molecule has 1 heterocycles. The van der Waals surface area contributed by atoms with Crippen LogP contribution in [0.3, 0.4) is 0 Å². The number of carbonyl (C=O) groups excluding carboxylic acids is 4. The van der Waals surface area contributed by atoms with Gasteiger partial charge in [0.05, 0.1) is 18.2 Å². The zero-order valence-corrected chi connectivity index (χ0v) is 21.6. The van der Waals surface area contributed by atoms with E-state index in [1.54, 1.807) is 36.3 Å². The fourth-order valence-corrected chi connectivity index (χ4v) is 5.19. The number of imide groups is 1. The van der Waals surface area contributed by atoms with Crippen LogP contribution in [0.5, 0.6) is 5.75 Å². The number of rotatable bonds is 11. The number of benzene rings is 2. The van der Waals surface area contributed by atoms with Gasteiger partial charge in [-0.1, -0.05) is 44.0 Å². The summed E-state index contributed by atoms with van der Waals surface area (Å²) in [6.45, 7) is 2.35. The van der Waals surface area contributed by atoms with E-state index in [1.807, 2.05) is 31.2 Å². The van der Waals surface area contributed by atoms with Crippen molar-refractivity contribution in [1.82, 2.24) is 15.1 Å². The van der Waals surface area contributed by atoms with E-state index in [4.69, 9.17) is 4.74 Å². The molecule has 2 aliphatic rings. The van der Waals surface area contributed by atoms with Crippen LogP contribution in [0.25, 0.3) is 0 Å². The molecule has 1 aliphatic carbocycles. The molecule has 0 saturated heterocycles. The lowest BCUT2D eigenvalue weighted by atomic mass is 10.1. The second-order valence-electron chi connectivity index (χ2n) is 9.69. The summed E-state index contributed by atoms with van der Waals surface area (Å²) < 4.78 is 5.24. The molecular weight excluding hydrogens is 470 g/mol. The summed E-state index contributed by atoms with van der Waals surface area (Å²) >= 11 is 0. The highest BCUT2D eigenvalue weighted by molar-refractivity contribution is 6.21. The van der Waals surface area contributed by atoms with Crippen molar-refractivity contribution in [2.75, 3.05) is 13.7 Å². The first kappa shape index (κ1) is 26.4. The third-order valence-electron chi connectivity index (χ3n) is 7.25. The second-order valence-corrected chi connectivity index (χ2v) is 9.69. The van der Waals surface area contributed by atoms with Crippen LogP contribution >= 0.6 is 0 Å². The average molecular weight is 506 g/mol. The summed E-state index contributed by atoms with van der Waals surface area (Å²) in [5.74, 6) is -0.248. The van der Waals surface area contributed by atoms with Gasteiger partial charge in [-0.3, -0.25) is 24.1 Å². The minimum atomic E-state index is -0.602. The van der Waals surface area contributed by atoms with Crippen molar-refractivity contribution in [3.63, 3.8) is 0 Å². The van der Waals surface area contributed by atoms with Gasteiger partial charge in [0.1, 0.15) is 11.8 Å². The van der Waals surface area contributed by atoms with Crippen molar-refractivity contribution in [2.45, 2.75) is 70.5 Å². The Bertz CT molecular complexity index is 1110. The van der Waals surface area contributed by atoms with E-state index in [0.29, 0.717) is 29.7 Å². The highest BCUT2D eigenvalue weighted by Gasteiger charge is 2.35. The molecule has 0 spiro atoms. The Morgan fingerprint density at radius 3 is 2.22 bits per heavy atom. The largest absolute Gasteiger partial charge is 0.497 e. The van der Waals surface area contributed by atoms with Crippen molar-refractivity contribution in [2.24, 2.45) is 0 Å². The highest BCUT2D eigenvalue weighted by atomic mass is 16.5. The normalized spacial score (nSPS) is 16.0. The molecule has 4 amide bonds. The van der Waals surface area contributed by atoms with E-state index < -0.39 is 6.04 Å². The monoisotopic (exact) mass is 505 g/mol. The molecule has 0 unspecified atom stereocenters. The number of hydrogen-bond donors (Lipinski definition) is 1. The van der Waals surface area contributed by atoms with Gasteiger partial charge in [-0.15, -0.1) is 0 Å². The van der Waals surface area contributed by atoms with Crippen LogP contribution in [0.15, 0.2) is 48.5 Å². The minimum absolute atomic E-state index is 0.122. The van der Waals surface area contributed by atoms with Crippen molar-refractivity contribution >= 4 is 23.6 Å². The maximum atomic E-state index is 13.5. The highest BCUT2D eigenvalue weighted by Crippen LogP contribution is 2.24. The van der Waals surface area contributed by atoms with E-state index in [0.717, 1.165) is 31.2 Å². The smallest absolute Gasteiger partial charge is 0.261 e. The molecule has 2 aromatic carbocycles. The molecule has 0 aromatic heterocycles. The number of amides is 4. The molecule has 8 nitrogen and oxygen atoms in total. The first-order valence-corrected chi connectivity index (χ1v) is 13.1. The number of hydrogen-bond acceptors (Lipinski definition) is 5. The maximum Gasteiger partial charge on any atom is 0.261 e. The van der Waals surface area contributed by atoms with Gasteiger partial charge in [-0.05, 0) is 55.5 Å². The molecule has 0 bridgehead atoms. The van der Waals surface area contributed by atoms with Gasteiger partial charge in [0, 0.05) is 25.6 Å². The van der Waals surface area contributed by atoms with Crippen molar-refractivity contribution in [3.8, 4) is 5.75 Å². The molecule has 1 fully saturated rings. The average Bonchev–Trinajstić information content (AvgIpc) is 3.51. The van der Waals surface area contributed by atoms with Crippen LogP contribution < -0.4 is 10.1 Å². The first-order valence-electron chi connectivity index (χ1n) is 13.1. The summed E-state index contributed by atoms with van der Waals surface area (Å²) in [7, 11) is 1.60. The molecule has 0 radical (unpaired) electrons. The van der Waals surface area contributed by atoms with Crippen LogP contribution in [-0.4, -0.2) is 59.2 Å². The Kier molecular flexibility index (Phi) is 8.58. The number of carbonyl (C=O) groups is 4. The van der Waals surface area contributed by atoms with Crippen molar-refractivity contribution in [1.29, 1.82) is 0 Å². The molecule has 2 aromatic rings. The lowest BCUT2D eigenvalue weighted by molar-refractivity contribution is -0.141. The van der Waals surface area contributed by atoms with Crippen LogP contribution in [0, 0.1) is 0 Å². The van der Waals surface area contributed by atoms with E-state index in [-0.39, 0.29) is 49.2 Å². The second kappa shape index (κ2) is 12.0. The summed E-state index contributed by atoms with van der Waals surface area (Å²) in [6, 6.07) is 13.8. The Balaban J connectivity index is 1.44. The van der Waals surface area contributed by atoms with Gasteiger partial charge in [-0.2, -0.15) is 0 Å². The predicted molar refractivity (Wildman–Crippen MR) is 139 cm³/mol. The van der Waals surface area contributed by atoms with E-state index in [2.05, 4.69) is 5.32 Å². The van der Waals surface area contributed by atoms with Crippen LogP contribution in [0.1, 0.15) is 78.1 Å². The van der Waals surface area contributed by atoms with E-state index in [1.165, 1.54) is 4.90 Å². The fourth-order valence-electron chi connectivity index (χ4n) is 5.19. The quantitative estimate of drug-likeness (QED) is 0.467. The van der Waals surface area contributed by atoms with Gasteiger partial charge >= 0.3 is 0 Å². The Morgan fingerprint density at radius 1 is 1.03 bits per heavy atom. The molecule has 37 heavy (non-hydrogen) atoms. The molecule has 8 heteroatoms. The minimum Gasteiger partial charge on any atom is -0.497 e. The summed E-state index contributed by atoms with van der Waals surface area (Å²) in [4.78, 5) is 54.9. The van der Waals surface area contributed by atoms with Gasteiger partial charge in [0.2, 0.25) is 11.8 Å². The van der Waals surface area contributed by atoms with E-state index >= 15 is 0 Å². The third-order valence-corrected chi connectivity index (χ3v) is 7.25. The van der Waals surface area contributed by atoms with Crippen LogP contribution in [0.2, 0.25) is 0 Å². The molecular formula is C29H35N3O5. The van der Waals surface area contributed by atoms with Gasteiger partial charge < -0.3 is 15.0 Å². The van der Waals surface area contributed by atoms with E-state index in [9.17, 15) is 19.2 Å². The van der Waals surface area contributed by atoms with Crippen LogP contribution in [-0.2, 0) is 16.1 Å². The van der Waals surface area contributed by atoms with Crippen molar-refractivity contribution < 1.29 is 23.9 Å². The Hall–Kier alpha value is -3.68. The van der Waals surface area contributed by atoms with Crippen LogP contribution in [0.4, 0.5) is 0 Å². The summed E-state index contributed by atoms with van der Waals surface area (Å²) in [5, 5.41) is 3.14. The predicted octanol–water partition coefficient (Wildman–Crippen LogP) is 3.94. The molecule has 196 valence electrons. The summed E-state index contributed by atoms with van der Waals surface area (Å²) in [6.07, 6.45) is 5.07. The van der Waals surface area contributed by atoms with Gasteiger partial charge in [-0.25, -0.2) is 0 Å². The van der Waals surface area contributed by atoms with Gasteiger partial charge in [0.15, 0.2) is 0 Å². The molecule has 4 rings (SSSR count). The standard InChI is InChI=1S/C29H35N3O5/c1-3-25(27(34)30-21-9-4-5-10-21)32(19-20-14-16-22(37-2)17-15-20)26(33)13-8-18-31-28(35)23-11-6-7-12-24(23)29(31)36/h6-7,11-12,14-17,21,25H,3-5,8-10,13,18-19H2,1-2H3,(H,30,34)/t25-/m0/s1. The number of ether oxygens (including phenoxy) is 1. The van der Waals surface area contributed by atoms with Gasteiger partial charge in [0.25, 0.3) is 11.8 Å². The third kappa shape index (κ3) is 6.01.